The lowest BCUT2D eigenvalue weighted by Gasteiger charge is -2.40. The van der Waals surface area contributed by atoms with Crippen molar-refractivity contribution in [3.05, 3.63) is 35.4 Å². The van der Waals surface area contributed by atoms with Crippen molar-refractivity contribution < 1.29 is 38.6 Å². The van der Waals surface area contributed by atoms with E-state index in [4.69, 9.17) is 20.0 Å². The summed E-state index contributed by atoms with van der Waals surface area (Å²) in [7, 11) is 0. The van der Waals surface area contributed by atoms with E-state index in [0.29, 0.717) is 43.5 Å². The first kappa shape index (κ1) is 33.2. The Bertz CT molecular complexity index is 1110. The third kappa shape index (κ3) is 10.2. The van der Waals surface area contributed by atoms with Gasteiger partial charge in [-0.3, -0.25) is 29.9 Å². The first-order chi connectivity index (χ1) is 19.2. The molecule has 2 atom stereocenters. The molecule has 12 nitrogen and oxygen atoms in total. The molecular weight excluding hydrogens is 532 g/mol. The molecule has 41 heavy (non-hydrogen) atoms. The molecule has 0 saturated carbocycles. The third-order valence-corrected chi connectivity index (χ3v) is 7.21. The summed E-state index contributed by atoms with van der Waals surface area (Å²) >= 11 is 0. The van der Waals surface area contributed by atoms with Crippen molar-refractivity contribution in [2.24, 2.45) is 11.3 Å². The Morgan fingerprint density at radius 3 is 2.20 bits per heavy atom. The number of amides is 3. The number of likely N-dealkylation sites (tertiary alicyclic amines) is 1. The lowest BCUT2D eigenvalue weighted by molar-refractivity contribution is -0.161. The van der Waals surface area contributed by atoms with Crippen LogP contribution < -0.4 is 10.6 Å². The number of piperidine rings is 1. The van der Waals surface area contributed by atoms with Crippen molar-refractivity contribution in [3.8, 4) is 0 Å². The highest BCUT2D eigenvalue weighted by Gasteiger charge is 2.41. The number of unbranched alkanes of at least 4 members (excludes halogenated alkanes) is 1. The van der Waals surface area contributed by atoms with Gasteiger partial charge in [-0.25, -0.2) is 4.79 Å². The SMILES string of the molecule is CCCCC(NC(=O)c1ccc(C(=N)NC(=O)OC(C)OC(C)=O)cc1)C(C)(C)C(=O)N1CCC(CC(=O)O)CC1. The number of carboxylic acid groups (broad SMARTS) is 1. The summed E-state index contributed by atoms with van der Waals surface area (Å²) in [6, 6.07) is 5.61. The second-order valence-electron chi connectivity index (χ2n) is 10.9. The number of hydrogen-bond acceptors (Lipinski definition) is 8. The molecule has 2 rings (SSSR count). The Morgan fingerprint density at radius 2 is 1.66 bits per heavy atom. The van der Waals surface area contributed by atoms with Crippen LogP contribution in [0.25, 0.3) is 0 Å². The molecule has 1 aromatic carbocycles. The normalized spacial score (nSPS) is 15.3. The van der Waals surface area contributed by atoms with Gasteiger partial charge in [0, 0.05) is 50.5 Å². The fourth-order valence-electron chi connectivity index (χ4n) is 4.81. The summed E-state index contributed by atoms with van der Waals surface area (Å²) in [5, 5.41) is 22.4. The van der Waals surface area contributed by atoms with Gasteiger partial charge in [0.25, 0.3) is 5.91 Å². The molecule has 226 valence electrons. The summed E-state index contributed by atoms with van der Waals surface area (Å²) in [5.41, 5.74) is -0.241. The zero-order valence-electron chi connectivity index (χ0n) is 24.5. The maximum Gasteiger partial charge on any atom is 0.415 e. The summed E-state index contributed by atoms with van der Waals surface area (Å²) in [4.78, 5) is 62.5. The van der Waals surface area contributed by atoms with Crippen LogP contribution in [0.1, 0.15) is 89.1 Å². The topological polar surface area (TPSA) is 175 Å². The van der Waals surface area contributed by atoms with E-state index in [1.165, 1.54) is 38.1 Å². The van der Waals surface area contributed by atoms with Crippen LogP contribution in [0.3, 0.4) is 0 Å². The molecule has 0 radical (unpaired) electrons. The van der Waals surface area contributed by atoms with Crippen molar-refractivity contribution in [1.29, 1.82) is 5.41 Å². The zero-order valence-corrected chi connectivity index (χ0v) is 24.5. The largest absolute Gasteiger partial charge is 0.481 e. The lowest BCUT2D eigenvalue weighted by Crippen LogP contribution is -2.55. The van der Waals surface area contributed by atoms with Gasteiger partial charge in [-0.2, -0.15) is 0 Å². The van der Waals surface area contributed by atoms with E-state index >= 15 is 0 Å². The lowest BCUT2D eigenvalue weighted by atomic mass is 9.79. The van der Waals surface area contributed by atoms with Crippen LogP contribution in [0, 0.1) is 16.7 Å². The number of aliphatic carboxylic acids is 1. The van der Waals surface area contributed by atoms with Gasteiger partial charge in [0.15, 0.2) is 0 Å². The number of esters is 1. The molecule has 1 aliphatic heterocycles. The molecule has 4 N–H and O–H groups in total. The third-order valence-electron chi connectivity index (χ3n) is 7.21. The van der Waals surface area contributed by atoms with E-state index in [-0.39, 0.29) is 30.0 Å². The van der Waals surface area contributed by atoms with Crippen LogP contribution in [0.2, 0.25) is 0 Å². The number of carboxylic acids is 1. The molecule has 1 aliphatic rings. The van der Waals surface area contributed by atoms with Crippen LogP contribution in [0.15, 0.2) is 24.3 Å². The van der Waals surface area contributed by atoms with E-state index in [2.05, 4.69) is 10.6 Å². The van der Waals surface area contributed by atoms with Gasteiger partial charge in [-0.05, 0) is 51.2 Å². The molecule has 1 fully saturated rings. The van der Waals surface area contributed by atoms with Crippen LogP contribution in [-0.4, -0.2) is 71.1 Å². The molecular formula is C29H42N4O8. The molecule has 1 saturated heterocycles. The van der Waals surface area contributed by atoms with Gasteiger partial charge < -0.3 is 24.8 Å². The van der Waals surface area contributed by atoms with E-state index in [0.717, 1.165) is 12.8 Å². The van der Waals surface area contributed by atoms with Crippen LogP contribution in [-0.2, 0) is 23.9 Å². The van der Waals surface area contributed by atoms with Crippen molar-refractivity contribution in [2.75, 3.05) is 13.1 Å². The molecule has 1 heterocycles. The molecule has 2 unspecified atom stereocenters. The van der Waals surface area contributed by atoms with E-state index in [1.54, 1.807) is 4.90 Å². The minimum atomic E-state index is -1.12. The predicted octanol–water partition coefficient (Wildman–Crippen LogP) is 3.68. The summed E-state index contributed by atoms with van der Waals surface area (Å²) in [5.74, 6) is -2.09. The average Bonchev–Trinajstić information content (AvgIpc) is 2.89. The van der Waals surface area contributed by atoms with Crippen molar-refractivity contribution in [2.45, 2.75) is 85.5 Å². The van der Waals surface area contributed by atoms with Gasteiger partial charge in [0.1, 0.15) is 5.84 Å². The summed E-state index contributed by atoms with van der Waals surface area (Å²) in [6.45, 7) is 9.23. The highest BCUT2D eigenvalue weighted by atomic mass is 16.7. The molecule has 0 aromatic heterocycles. The second kappa shape index (κ2) is 15.2. The quantitative estimate of drug-likeness (QED) is 0.126. The highest BCUT2D eigenvalue weighted by molar-refractivity contribution is 6.05. The van der Waals surface area contributed by atoms with Crippen molar-refractivity contribution >= 4 is 35.7 Å². The van der Waals surface area contributed by atoms with Gasteiger partial charge in [-0.1, -0.05) is 31.9 Å². The second-order valence-corrected chi connectivity index (χ2v) is 10.9. The number of hydrogen-bond donors (Lipinski definition) is 4. The van der Waals surface area contributed by atoms with Crippen LogP contribution >= 0.6 is 0 Å². The van der Waals surface area contributed by atoms with E-state index in [9.17, 15) is 24.0 Å². The Hall–Kier alpha value is -3.96. The molecule has 0 bridgehead atoms. The van der Waals surface area contributed by atoms with Gasteiger partial charge in [0.05, 0.1) is 5.41 Å². The standard InChI is InChI=1S/C29H42N4O8/c1-6-7-8-23(29(4,5)27(38)33-15-13-20(14-16-33)17-24(35)36)31-26(37)22-11-9-21(10-12-22)25(30)32-28(39)41-19(3)40-18(2)34/h9-12,19-20,23H,6-8,13-17H2,1-5H3,(H,31,37)(H,35,36)(H2,30,32,39). The summed E-state index contributed by atoms with van der Waals surface area (Å²) in [6.07, 6.45) is 1.61. The van der Waals surface area contributed by atoms with Gasteiger partial charge >= 0.3 is 18.0 Å². The Morgan fingerprint density at radius 1 is 1.07 bits per heavy atom. The fourth-order valence-corrected chi connectivity index (χ4v) is 4.81. The molecule has 0 aliphatic carbocycles. The smallest absolute Gasteiger partial charge is 0.415 e. The maximum absolute atomic E-state index is 13.6. The molecule has 12 heteroatoms. The number of rotatable bonds is 12. The van der Waals surface area contributed by atoms with Crippen molar-refractivity contribution in [1.82, 2.24) is 15.5 Å². The van der Waals surface area contributed by atoms with E-state index < -0.39 is 35.8 Å². The first-order valence-electron chi connectivity index (χ1n) is 13.9. The van der Waals surface area contributed by atoms with E-state index in [1.807, 2.05) is 20.8 Å². The molecule has 1 aromatic rings. The van der Waals surface area contributed by atoms with Crippen LogP contribution in [0.4, 0.5) is 4.79 Å². The molecule has 0 spiro atoms. The monoisotopic (exact) mass is 574 g/mol. The molecule has 3 amide bonds. The number of benzene rings is 1. The Labute approximate surface area is 240 Å². The zero-order chi connectivity index (χ0) is 30.7. The number of carbonyl (C=O) groups is 5. The maximum atomic E-state index is 13.6. The van der Waals surface area contributed by atoms with Gasteiger partial charge in [-0.15, -0.1) is 0 Å². The number of carbonyl (C=O) groups excluding carboxylic acids is 4. The number of ether oxygens (including phenoxy) is 2. The summed E-state index contributed by atoms with van der Waals surface area (Å²) < 4.78 is 9.57. The predicted molar refractivity (Wildman–Crippen MR) is 150 cm³/mol. The van der Waals surface area contributed by atoms with Crippen LogP contribution in [0.5, 0.6) is 0 Å². The van der Waals surface area contributed by atoms with Gasteiger partial charge in [0.2, 0.25) is 12.2 Å². The Balaban J connectivity index is 2.04. The average molecular weight is 575 g/mol. The minimum absolute atomic E-state index is 0.0601. The first-order valence-corrected chi connectivity index (χ1v) is 13.9. The van der Waals surface area contributed by atoms with Crippen molar-refractivity contribution in [3.63, 3.8) is 0 Å². The fraction of sp³-hybridized carbons (Fsp3) is 0.586. The number of alkyl carbamates (subject to hydrolysis) is 1. The Kier molecular flexibility index (Phi) is 12.3. The number of nitrogens with zero attached hydrogens (tertiary/aromatic N) is 1. The minimum Gasteiger partial charge on any atom is -0.481 e. The number of nitrogens with one attached hydrogen (secondary N) is 3. The number of amidine groups is 1. The highest BCUT2D eigenvalue weighted by Crippen LogP contribution is 2.31.